The molecule has 1 amide bonds. The topological polar surface area (TPSA) is 68.8 Å². The monoisotopic (exact) mass is 365 g/mol. The van der Waals surface area contributed by atoms with Crippen LogP contribution in [0.1, 0.15) is 22.3 Å². The largest absolute Gasteiger partial charge is 0.369 e. The molecule has 3 N–H and O–H groups in total. The van der Waals surface area contributed by atoms with E-state index in [4.69, 9.17) is 0 Å². The summed E-state index contributed by atoms with van der Waals surface area (Å²) in [5, 5.41) is 9.49. The van der Waals surface area contributed by atoms with Crippen LogP contribution in [0.15, 0.2) is 59.6 Å². The Balaban J connectivity index is 1.52. The van der Waals surface area contributed by atoms with Gasteiger partial charge < -0.3 is 20.9 Å². The Morgan fingerprint density at radius 2 is 2.00 bits per heavy atom. The van der Waals surface area contributed by atoms with E-state index in [0.717, 1.165) is 31.0 Å². The predicted octanol–water partition coefficient (Wildman–Crippen LogP) is 1.99. The number of amides is 1. The summed E-state index contributed by atoms with van der Waals surface area (Å²) in [6.45, 7) is 2.60. The Labute approximate surface area is 160 Å². The van der Waals surface area contributed by atoms with E-state index >= 15 is 0 Å². The van der Waals surface area contributed by atoms with Crippen molar-refractivity contribution in [1.82, 2.24) is 16.0 Å². The Morgan fingerprint density at radius 1 is 1.19 bits per heavy atom. The van der Waals surface area contributed by atoms with Crippen LogP contribution >= 0.6 is 0 Å². The first kappa shape index (κ1) is 18.8. The highest BCUT2D eigenvalue weighted by molar-refractivity contribution is 5.94. The molecule has 0 bridgehead atoms. The summed E-state index contributed by atoms with van der Waals surface area (Å²) < 4.78 is 0. The molecule has 1 atom stereocenters. The van der Waals surface area contributed by atoms with Crippen molar-refractivity contribution in [3.05, 3.63) is 65.7 Å². The van der Waals surface area contributed by atoms with Gasteiger partial charge in [-0.15, -0.1) is 0 Å². The minimum Gasteiger partial charge on any atom is -0.369 e. The third-order valence-electron chi connectivity index (χ3n) is 4.75. The minimum absolute atomic E-state index is 0.0775. The second kappa shape index (κ2) is 9.07. The van der Waals surface area contributed by atoms with E-state index in [0.29, 0.717) is 18.2 Å². The zero-order valence-corrected chi connectivity index (χ0v) is 15.9. The van der Waals surface area contributed by atoms with Gasteiger partial charge in [0, 0.05) is 51.0 Å². The molecule has 1 heterocycles. The zero-order chi connectivity index (χ0) is 19.1. The van der Waals surface area contributed by atoms with Gasteiger partial charge in [-0.1, -0.05) is 30.3 Å². The molecule has 142 valence electrons. The van der Waals surface area contributed by atoms with Crippen LogP contribution < -0.4 is 20.9 Å². The van der Waals surface area contributed by atoms with Gasteiger partial charge in [-0.25, -0.2) is 0 Å². The second-order valence-electron chi connectivity index (χ2n) is 6.62. The molecule has 0 aromatic heterocycles. The fraction of sp³-hybridized carbons (Fsp3) is 0.333. The van der Waals surface area contributed by atoms with E-state index < -0.39 is 0 Å². The summed E-state index contributed by atoms with van der Waals surface area (Å²) in [4.78, 5) is 18.5. The highest BCUT2D eigenvalue weighted by atomic mass is 16.1. The maximum absolute atomic E-state index is 11.8. The Morgan fingerprint density at radius 3 is 2.74 bits per heavy atom. The first-order valence-corrected chi connectivity index (χ1v) is 9.28. The standard InChI is InChI=1S/C21H27N5O/c1-22-20(27)17-8-6-7-16(13-17)14-24-21(23-2)25-18-11-12-26(15-18)19-9-4-3-5-10-19/h3-10,13,18H,11-12,14-15H2,1-2H3,(H,22,27)(H2,23,24,25). The third kappa shape index (κ3) is 5.00. The molecule has 27 heavy (non-hydrogen) atoms. The third-order valence-corrected chi connectivity index (χ3v) is 4.75. The van der Waals surface area contributed by atoms with Crippen molar-refractivity contribution in [3.63, 3.8) is 0 Å². The SMILES string of the molecule is CN=C(NCc1cccc(C(=O)NC)c1)NC1CCN(c2ccccc2)C1. The Hall–Kier alpha value is -3.02. The van der Waals surface area contributed by atoms with Crippen molar-refractivity contribution in [1.29, 1.82) is 0 Å². The summed E-state index contributed by atoms with van der Waals surface area (Å²) in [6.07, 6.45) is 1.07. The van der Waals surface area contributed by atoms with Crippen molar-refractivity contribution in [2.24, 2.45) is 4.99 Å². The van der Waals surface area contributed by atoms with E-state index in [9.17, 15) is 4.79 Å². The lowest BCUT2D eigenvalue weighted by atomic mass is 10.1. The number of carbonyl (C=O) groups is 1. The molecule has 1 aliphatic rings. The maximum atomic E-state index is 11.8. The van der Waals surface area contributed by atoms with Crippen molar-refractivity contribution in [3.8, 4) is 0 Å². The maximum Gasteiger partial charge on any atom is 0.251 e. The van der Waals surface area contributed by atoms with Crippen LogP contribution in [0, 0.1) is 0 Å². The van der Waals surface area contributed by atoms with Crippen molar-refractivity contribution in [2.45, 2.75) is 19.0 Å². The number of nitrogens with one attached hydrogen (secondary N) is 3. The van der Waals surface area contributed by atoms with Crippen LogP contribution in [0.5, 0.6) is 0 Å². The number of benzene rings is 2. The van der Waals surface area contributed by atoms with Gasteiger partial charge in [-0.3, -0.25) is 9.79 Å². The molecule has 1 fully saturated rings. The molecule has 6 nitrogen and oxygen atoms in total. The molecular weight excluding hydrogens is 338 g/mol. The molecule has 1 unspecified atom stereocenters. The van der Waals surface area contributed by atoms with E-state index in [1.54, 1.807) is 14.1 Å². The number of anilines is 1. The van der Waals surface area contributed by atoms with Gasteiger partial charge >= 0.3 is 0 Å². The number of aliphatic imine (C=N–C) groups is 1. The molecule has 0 spiro atoms. The van der Waals surface area contributed by atoms with Crippen LogP contribution in [0.3, 0.4) is 0 Å². The van der Waals surface area contributed by atoms with Crippen LogP contribution in [0.4, 0.5) is 5.69 Å². The summed E-state index contributed by atoms with van der Waals surface area (Å²) in [5.74, 6) is 0.701. The molecule has 2 aromatic rings. The van der Waals surface area contributed by atoms with Gasteiger partial charge in [0.15, 0.2) is 5.96 Å². The summed E-state index contributed by atoms with van der Waals surface area (Å²) in [7, 11) is 3.42. The average Bonchev–Trinajstić information content (AvgIpc) is 3.20. The molecule has 1 saturated heterocycles. The van der Waals surface area contributed by atoms with E-state index in [2.05, 4.69) is 50.1 Å². The van der Waals surface area contributed by atoms with Crippen LogP contribution in [-0.2, 0) is 6.54 Å². The second-order valence-corrected chi connectivity index (χ2v) is 6.62. The molecule has 6 heteroatoms. The van der Waals surface area contributed by atoms with E-state index in [1.807, 2.05) is 30.3 Å². The number of hydrogen-bond acceptors (Lipinski definition) is 3. The smallest absolute Gasteiger partial charge is 0.251 e. The Bertz CT molecular complexity index is 790. The number of hydrogen-bond donors (Lipinski definition) is 3. The number of nitrogens with zero attached hydrogens (tertiary/aromatic N) is 2. The lowest BCUT2D eigenvalue weighted by molar-refractivity contribution is 0.0963. The quantitative estimate of drug-likeness (QED) is 0.560. The Kier molecular flexibility index (Phi) is 6.30. The first-order chi connectivity index (χ1) is 13.2. The lowest BCUT2D eigenvalue weighted by Gasteiger charge is -2.20. The molecule has 3 rings (SSSR count). The number of para-hydroxylation sites is 1. The zero-order valence-electron chi connectivity index (χ0n) is 15.9. The van der Waals surface area contributed by atoms with Crippen LogP contribution in [-0.4, -0.2) is 45.1 Å². The minimum atomic E-state index is -0.0775. The fourth-order valence-electron chi connectivity index (χ4n) is 3.29. The predicted molar refractivity (Wildman–Crippen MR) is 110 cm³/mol. The van der Waals surface area contributed by atoms with E-state index in [-0.39, 0.29) is 5.91 Å². The van der Waals surface area contributed by atoms with Gasteiger partial charge in [-0.05, 0) is 36.2 Å². The highest BCUT2D eigenvalue weighted by Gasteiger charge is 2.23. The molecule has 0 radical (unpaired) electrons. The molecule has 0 saturated carbocycles. The van der Waals surface area contributed by atoms with Gasteiger partial charge in [0.25, 0.3) is 5.91 Å². The highest BCUT2D eigenvalue weighted by Crippen LogP contribution is 2.19. The van der Waals surface area contributed by atoms with E-state index in [1.165, 1.54) is 5.69 Å². The average molecular weight is 365 g/mol. The summed E-state index contributed by atoms with van der Waals surface area (Å²) >= 11 is 0. The fourth-order valence-corrected chi connectivity index (χ4v) is 3.29. The number of rotatable bonds is 5. The van der Waals surface area contributed by atoms with Crippen molar-refractivity contribution < 1.29 is 4.79 Å². The molecule has 0 aliphatic carbocycles. The van der Waals surface area contributed by atoms with Crippen LogP contribution in [0.2, 0.25) is 0 Å². The first-order valence-electron chi connectivity index (χ1n) is 9.28. The number of carbonyl (C=O) groups excluding carboxylic acids is 1. The molecule has 1 aliphatic heterocycles. The molecular formula is C21H27N5O. The normalized spacial score (nSPS) is 16.9. The van der Waals surface area contributed by atoms with Gasteiger partial charge in [0.2, 0.25) is 0 Å². The lowest BCUT2D eigenvalue weighted by Crippen LogP contribution is -2.44. The van der Waals surface area contributed by atoms with Gasteiger partial charge in [-0.2, -0.15) is 0 Å². The van der Waals surface area contributed by atoms with Crippen LogP contribution in [0.25, 0.3) is 0 Å². The molecule has 2 aromatic carbocycles. The van der Waals surface area contributed by atoms with Crippen molar-refractivity contribution in [2.75, 3.05) is 32.1 Å². The van der Waals surface area contributed by atoms with Gasteiger partial charge in [0.05, 0.1) is 0 Å². The van der Waals surface area contributed by atoms with Gasteiger partial charge in [0.1, 0.15) is 0 Å². The summed E-state index contributed by atoms with van der Waals surface area (Å²) in [6, 6.07) is 18.4. The number of guanidine groups is 1. The van der Waals surface area contributed by atoms with Crippen molar-refractivity contribution >= 4 is 17.6 Å². The summed E-state index contributed by atoms with van der Waals surface area (Å²) in [5.41, 5.74) is 2.96.